The van der Waals surface area contributed by atoms with Gasteiger partial charge in [0, 0.05) is 5.56 Å². The van der Waals surface area contributed by atoms with Gasteiger partial charge in [0.1, 0.15) is 5.82 Å². The minimum atomic E-state index is -0.324. The number of carbonyl (C=O) groups is 1. The topological polar surface area (TPSA) is 26.3 Å². The van der Waals surface area contributed by atoms with E-state index in [2.05, 4.69) is 0 Å². The van der Waals surface area contributed by atoms with E-state index < -0.39 is 0 Å². The normalized spacial score (nSPS) is 10.7. The van der Waals surface area contributed by atoms with E-state index >= 15 is 0 Å². The Morgan fingerprint density at radius 3 is 2.48 bits per heavy atom. The Balaban J connectivity index is 2.07. The second kappa shape index (κ2) is 7.02. The first kappa shape index (κ1) is 15.2. The van der Waals surface area contributed by atoms with E-state index in [9.17, 15) is 9.18 Å². The van der Waals surface area contributed by atoms with Gasteiger partial charge in [-0.05, 0) is 23.1 Å². The van der Waals surface area contributed by atoms with Crippen LogP contribution in [0.2, 0.25) is 0 Å². The van der Waals surface area contributed by atoms with Gasteiger partial charge in [-0.2, -0.15) is 0 Å². The lowest BCUT2D eigenvalue weighted by molar-refractivity contribution is -0.143. The Labute approximate surface area is 124 Å². The van der Waals surface area contributed by atoms with Crippen molar-refractivity contribution in [2.24, 2.45) is 5.92 Å². The van der Waals surface area contributed by atoms with Crippen molar-refractivity contribution < 1.29 is 13.9 Å². The van der Waals surface area contributed by atoms with Crippen LogP contribution in [0, 0.1) is 11.7 Å². The molecule has 0 aliphatic rings. The van der Waals surface area contributed by atoms with Gasteiger partial charge in [0.25, 0.3) is 0 Å². The molecule has 2 rings (SSSR count). The number of halogens is 1. The molecule has 3 heteroatoms. The Kier molecular flexibility index (Phi) is 5.09. The van der Waals surface area contributed by atoms with Crippen molar-refractivity contribution in [3.63, 3.8) is 0 Å². The maximum absolute atomic E-state index is 14.1. The number of esters is 1. The van der Waals surface area contributed by atoms with E-state index in [0.29, 0.717) is 23.7 Å². The van der Waals surface area contributed by atoms with Crippen LogP contribution in [0.4, 0.5) is 4.39 Å². The van der Waals surface area contributed by atoms with Crippen molar-refractivity contribution in [2.75, 3.05) is 6.61 Å². The molecular weight excluding hydrogens is 267 g/mol. The van der Waals surface area contributed by atoms with Gasteiger partial charge in [-0.15, -0.1) is 0 Å². The summed E-state index contributed by atoms with van der Waals surface area (Å²) in [6.45, 7) is 4.34. The molecule has 0 N–H and O–H groups in total. The Morgan fingerprint density at radius 2 is 1.86 bits per heavy atom. The molecule has 0 heterocycles. The highest BCUT2D eigenvalue weighted by atomic mass is 19.1. The zero-order valence-electron chi connectivity index (χ0n) is 12.3. The molecule has 0 unspecified atom stereocenters. The van der Waals surface area contributed by atoms with Crippen molar-refractivity contribution in [1.82, 2.24) is 0 Å². The molecule has 0 fully saturated rings. The maximum Gasteiger partial charge on any atom is 0.310 e. The van der Waals surface area contributed by atoms with Gasteiger partial charge in [-0.25, -0.2) is 4.39 Å². The number of carbonyl (C=O) groups excluding carboxylic acids is 1. The number of hydrogen-bond acceptors (Lipinski definition) is 2. The molecule has 110 valence electrons. The number of benzene rings is 2. The molecule has 0 spiro atoms. The van der Waals surface area contributed by atoms with Crippen LogP contribution in [0.1, 0.15) is 19.4 Å². The first-order valence-electron chi connectivity index (χ1n) is 7.05. The first-order chi connectivity index (χ1) is 10.1. The fraction of sp³-hybridized carbons (Fsp3) is 0.278. The molecule has 0 aliphatic carbocycles. The highest BCUT2D eigenvalue weighted by molar-refractivity contribution is 5.73. The second-order valence-electron chi connectivity index (χ2n) is 5.43. The third-order valence-corrected chi connectivity index (χ3v) is 3.04. The summed E-state index contributed by atoms with van der Waals surface area (Å²) >= 11 is 0. The van der Waals surface area contributed by atoms with Crippen molar-refractivity contribution in [1.29, 1.82) is 0 Å². The number of rotatable bonds is 5. The fourth-order valence-corrected chi connectivity index (χ4v) is 2.00. The maximum atomic E-state index is 14.1. The summed E-state index contributed by atoms with van der Waals surface area (Å²) in [7, 11) is 0. The van der Waals surface area contributed by atoms with Gasteiger partial charge in [-0.1, -0.05) is 56.3 Å². The smallest absolute Gasteiger partial charge is 0.310 e. The third kappa shape index (κ3) is 4.42. The molecule has 2 nitrogen and oxygen atoms in total. The van der Waals surface area contributed by atoms with Gasteiger partial charge in [-0.3, -0.25) is 4.79 Å². The molecule has 0 saturated carbocycles. The molecular formula is C18H19FO2. The van der Waals surface area contributed by atoms with Crippen molar-refractivity contribution in [3.8, 4) is 11.1 Å². The monoisotopic (exact) mass is 286 g/mol. The van der Waals surface area contributed by atoms with Crippen molar-refractivity contribution in [2.45, 2.75) is 20.3 Å². The van der Waals surface area contributed by atoms with Crippen LogP contribution in [0.3, 0.4) is 0 Å². The first-order valence-corrected chi connectivity index (χ1v) is 7.05. The van der Waals surface area contributed by atoms with Crippen LogP contribution in [-0.2, 0) is 16.0 Å². The molecule has 0 bridgehead atoms. The number of hydrogen-bond donors (Lipinski definition) is 0. The average molecular weight is 286 g/mol. The molecule has 21 heavy (non-hydrogen) atoms. The summed E-state index contributed by atoms with van der Waals surface area (Å²) in [6, 6.07) is 14.2. The predicted octanol–water partition coefficient (Wildman–Crippen LogP) is 4.23. The lowest BCUT2D eigenvalue weighted by Crippen LogP contribution is -2.12. The molecule has 0 aromatic heterocycles. The zero-order chi connectivity index (χ0) is 15.2. The summed E-state index contributed by atoms with van der Waals surface area (Å²) in [5.41, 5.74) is 1.99. The molecule has 0 saturated heterocycles. The molecule has 0 radical (unpaired) electrons. The lowest BCUT2D eigenvalue weighted by atomic mass is 10.0. The summed E-state index contributed by atoms with van der Waals surface area (Å²) in [5, 5.41) is 0. The molecule has 0 atom stereocenters. The van der Waals surface area contributed by atoms with E-state index in [1.807, 2.05) is 44.2 Å². The minimum absolute atomic E-state index is 0.0959. The van der Waals surface area contributed by atoms with Crippen LogP contribution in [0.25, 0.3) is 11.1 Å². The summed E-state index contributed by atoms with van der Waals surface area (Å²) in [5.74, 6) is -0.350. The average Bonchev–Trinajstić information content (AvgIpc) is 2.46. The van der Waals surface area contributed by atoms with E-state index in [1.165, 1.54) is 6.07 Å². The predicted molar refractivity (Wildman–Crippen MR) is 81.3 cm³/mol. The Hall–Kier alpha value is -2.16. The Morgan fingerprint density at radius 1 is 1.14 bits per heavy atom. The van der Waals surface area contributed by atoms with E-state index in [-0.39, 0.29) is 18.2 Å². The van der Waals surface area contributed by atoms with Crippen LogP contribution >= 0.6 is 0 Å². The molecule has 2 aromatic rings. The van der Waals surface area contributed by atoms with Gasteiger partial charge in [0.05, 0.1) is 13.0 Å². The van der Waals surface area contributed by atoms with Crippen LogP contribution < -0.4 is 0 Å². The Bertz CT molecular complexity index is 606. The van der Waals surface area contributed by atoms with Crippen molar-refractivity contribution >= 4 is 5.97 Å². The van der Waals surface area contributed by atoms with Gasteiger partial charge >= 0.3 is 5.97 Å². The van der Waals surface area contributed by atoms with Gasteiger partial charge < -0.3 is 4.74 Å². The quantitative estimate of drug-likeness (QED) is 0.769. The van der Waals surface area contributed by atoms with E-state index in [0.717, 1.165) is 5.56 Å². The standard InChI is InChI=1S/C18H19FO2/c1-13(2)12-21-18(20)11-14-8-9-16(17(19)10-14)15-6-4-3-5-7-15/h3-10,13H,11-12H2,1-2H3. The van der Waals surface area contributed by atoms with Crippen LogP contribution in [0.5, 0.6) is 0 Å². The van der Waals surface area contributed by atoms with Crippen LogP contribution in [0.15, 0.2) is 48.5 Å². The van der Waals surface area contributed by atoms with Crippen LogP contribution in [-0.4, -0.2) is 12.6 Å². The molecule has 0 aliphatic heterocycles. The number of ether oxygens (including phenoxy) is 1. The highest BCUT2D eigenvalue weighted by Gasteiger charge is 2.10. The van der Waals surface area contributed by atoms with Gasteiger partial charge in [0.2, 0.25) is 0 Å². The molecule has 0 amide bonds. The zero-order valence-corrected chi connectivity index (χ0v) is 12.3. The largest absolute Gasteiger partial charge is 0.465 e. The minimum Gasteiger partial charge on any atom is -0.465 e. The van der Waals surface area contributed by atoms with Gasteiger partial charge in [0.15, 0.2) is 0 Å². The van der Waals surface area contributed by atoms with E-state index in [4.69, 9.17) is 4.74 Å². The van der Waals surface area contributed by atoms with Crippen molar-refractivity contribution in [3.05, 3.63) is 59.9 Å². The summed E-state index contributed by atoms with van der Waals surface area (Å²) in [4.78, 5) is 11.6. The highest BCUT2D eigenvalue weighted by Crippen LogP contribution is 2.23. The molecule has 2 aromatic carbocycles. The summed E-state index contributed by atoms with van der Waals surface area (Å²) < 4.78 is 19.2. The van der Waals surface area contributed by atoms with E-state index in [1.54, 1.807) is 12.1 Å². The fourth-order valence-electron chi connectivity index (χ4n) is 2.00. The third-order valence-electron chi connectivity index (χ3n) is 3.04. The summed E-state index contributed by atoms with van der Waals surface area (Å²) in [6.07, 6.45) is 0.0959. The second-order valence-corrected chi connectivity index (χ2v) is 5.43. The SMILES string of the molecule is CC(C)COC(=O)Cc1ccc(-c2ccccc2)c(F)c1. The lowest BCUT2D eigenvalue weighted by Gasteiger charge is -2.08.